The number of nitrogens with zero attached hydrogens (tertiary/aromatic N) is 3. The van der Waals surface area contributed by atoms with E-state index in [1.807, 2.05) is 19.3 Å². The van der Waals surface area contributed by atoms with Crippen molar-refractivity contribution in [1.82, 2.24) is 9.78 Å². The van der Waals surface area contributed by atoms with E-state index in [1.54, 1.807) is 41.2 Å². The summed E-state index contributed by atoms with van der Waals surface area (Å²) < 4.78 is 1.67. The van der Waals surface area contributed by atoms with Gasteiger partial charge in [-0.3, -0.25) is 9.48 Å². The van der Waals surface area contributed by atoms with Crippen molar-refractivity contribution < 1.29 is 4.79 Å². The van der Waals surface area contributed by atoms with Crippen molar-refractivity contribution >= 4 is 11.9 Å². The fourth-order valence-corrected chi connectivity index (χ4v) is 1.54. The summed E-state index contributed by atoms with van der Waals surface area (Å²) in [6.45, 7) is 0. The molecule has 0 atom stereocenters. The molecule has 18 heavy (non-hydrogen) atoms. The van der Waals surface area contributed by atoms with Gasteiger partial charge in [0.2, 0.25) is 0 Å². The van der Waals surface area contributed by atoms with Crippen LogP contribution >= 0.6 is 0 Å². The van der Waals surface area contributed by atoms with Gasteiger partial charge in [0.05, 0.1) is 17.8 Å². The van der Waals surface area contributed by atoms with E-state index in [4.69, 9.17) is 5.26 Å². The number of rotatable bonds is 3. The van der Waals surface area contributed by atoms with Crippen molar-refractivity contribution in [1.29, 1.82) is 5.26 Å². The molecule has 0 aliphatic carbocycles. The van der Waals surface area contributed by atoms with Gasteiger partial charge in [-0.05, 0) is 24.3 Å². The van der Waals surface area contributed by atoms with Gasteiger partial charge in [-0.1, -0.05) is 12.1 Å². The molecule has 2 rings (SSSR count). The number of aromatic nitrogens is 2. The van der Waals surface area contributed by atoms with Crippen LogP contribution in [0.5, 0.6) is 0 Å². The zero-order valence-electron chi connectivity index (χ0n) is 9.87. The molecule has 0 saturated carbocycles. The van der Waals surface area contributed by atoms with Gasteiger partial charge in [0.15, 0.2) is 5.78 Å². The van der Waals surface area contributed by atoms with Crippen molar-refractivity contribution in [2.24, 2.45) is 7.05 Å². The van der Waals surface area contributed by atoms with Crippen LogP contribution in [0, 0.1) is 11.3 Å². The SMILES string of the molecule is Cn1cc(C=CC(=O)c2cccc(C#N)c2)cn1. The second-order valence-corrected chi connectivity index (χ2v) is 3.84. The van der Waals surface area contributed by atoms with Crippen LogP contribution in [-0.2, 0) is 7.05 Å². The Hall–Kier alpha value is -2.67. The van der Waals surface area contributed by atoms with Gasteiger partial charge in [-0.2, -0.15) is 10.4 Å². The Morgan fingerprint density at radius 1 is 1.50 bits per heavy atom. The molecule has 0 amide bonds. The second-order valence-electron chi connectivity index (χ2n) is 3.84. The fraction of sp³-hybridized carbons (Fsp3) is 0.0714. The topological polar surface area (TPSA) is 58.7 Å². The lowest BCUT2D eigenvalue weighted by Gasteiger charge is -1.95. The molecule has 4 nitrogen and oxygen atoms in total. The van der Waals surface area contributed by atoms with Crippen molar-refractivity contribution in [3.63, 3.8) is 0 Å². The molecule has 0 N–H and O–H groups in total. The number of carbonyl (C=O) groups excluding carboxylic acids is 1. The van der Waals surface area contributed by atoms with E-state index in [0.29, 0.717) is 11.1 Å². The predicted molar refractivity (Wildman–Crippen MR) is 67.7 cm³/mol. The maximum absolute atomic E-state index is 11.9. The number of hydrogen-bond donors (Lipinski definition) is 0. The Labute approximate surface area is 105 Å². The van der Waals surface area contributed by atoms with Crippen molar-refractivity contribution in [2.45, 2.75) is 0 Å². The van der Waals surface area contributed by atoms with E-state index in [9.17, 15) is 4.79 Å². The summed E-state index contributed by atoms with van der Waals surface area (Å²) in [5.41, 5.74) is 1.85. The van der Waals surface area contributed by atoms with E-state index >= 15 is 0 Å². The Kier molecular flexibility index (Phi) is 3.35. The highest BCUT2D eigenvalue weighted by atomic mass is 16.1. The first kappa shape index (κ1) is 11.8. The Bertz CT molecular complexity index is 647. The van der Waals surface area contributed by atoms with Crippen molar-refractivity contribution in [3.8, 4) is 6.07 Å². The number of ketones is 1. The largest absolute Gasteiger partial charge is 0.289 e. The van der Waals surface area contributed by atoms with Crippen LogP contribution in [0.2, 0.25) is 0 Å². The van der Waals surface area contributed by atoms with E-state index in [-0.39, 0.29) is 5.78 Å². The highest BCUT2D eigenvalue weighted by molar-refractivity contribution is 6.06. The summed E-state index contributed by atoms with van der Waals surface area (Å²) in [6.07, 6.45) is 6.67. The number of hydrogen-bond acceptors (Lipinski definition) is 3. The minimum Gasteiger partial charge on any atom is -0.289 e. The monoisotopic (exact) mass is 237 g/mol. The zero-order chi connectivity index (χ0) is 13.0. The van der Waals surface area contributed by atoms with Crippen LogP contribution in [0.4, 0.5) is 0 Å². The molecule has 1 aromatic carbocycles. The summed E-state index contributed by atoms with van der Waals surface area (Å²) in [5.74, 6) is -0.129. The van der Waals surface area contributed by atoms with Gasteiger partial charge in [-0.15, -0.1) is 0 Å². The highest BCUT2D eigenvalue weighted by Gasteiger charge is 2.02. The Balaban J connectivity index is 2.17. The molecule has 0 radical (unpaired) electrons. The molecule has 0 saturated heterocycles. The molecular formula is C14H11N3O. The quantitative estimate of drug-likeness (QED) is 0.607. The maximum Gasteiger partial charge on any atom is 0.185 e. The van der Waals surface area contributed by atoms with Gasteiger partial charge in [0, 0.05) is 24.4 Å². The molecule has 2 aromatic rings. The standard InChI is InChI=1S/C14H11N3O/c1-17-10-12(9-16-17)5-6-14(18)13-4-2-3-11(7-13)8-15/h2-7,9-10H,1H3. The third kappa shape index (κ3) is 2.71. The van der Waals surface area contributed by atoms with Crippen LogP contribution in [0.1, 0.15) is 21.5 Å². The van der Waals surface area contributed by atoms with Crippen molar-refractivity contribution in [2.75, 3.05) is 0 Å². The Morgan fingerprint density at radius 2 is 2.33 bits per heavy atom. The van der Waals surface area contributed by atoms with E-state index < -0.39 is 0 Å². The summed E-state index contributed by atoms with van der Waals surface area (Å²) in [5, 5.41) is 12.8. The summed E-state index contributed by atoms with van der Waals surface area (Å²) in [7, 11) is 1.82. The number of nitriles is 1. The summed E-state index contributed by atoms with van der Waals surface area (Å²) in [4.78, 5) is 11.9. The van der Waals surface area contributed by atoms with Crippen LogP contribution in [0.25, 0.3) is 6.08 Å². The summed E-state index contributed by atoms with van der Waals surface area (Å²) in [6, 6.07) is 8.65. The second kappa shape index (κ2) is 5.11. The van der Waals surface area contributed by atoms with Crippen LogP contribution in [-0.4, -0.2) is 15.6 Å². The number of aryl methyl sites for hydroxylation is 1. The van der Waals surface area contributed by atoms with Crippen LogP contribution in [0.15, 0.2) is 42.7 Å². The van der Waals surface area contributed by atoms with Gasteiger partial charge in [0.25, 0.3) is 0 Å². The molecule has 0 aliphatic heterocycles. The minimum atomic E-state index is -0.129. The van der Waals surface area contributed by atoms with Gasteiger partial charge in [-0.25, -0.2) is 0 Å². The molecule has 0 bridgehead atoms. The lowest BCUT2D eigenvalue weighted by atomic mass is 10.1. The molecule has 88 valence electrons. The van der Waals surface area contributed by atoms with Crippen molar-refractivity contribution in [3.05, 3.63) is 59.4 Å². The molecular weight excluding hydrogens is 226 g/mol. The average molecular weight is 237 g/mol. The first-order valence-corrected chi connectivity index (χ1v) is 5.40. The molecule has 1 aromatic heterocycles. The van der Waals surface area contributed by atoms with E-state index in [1.165, 1.54) is 6.08 Å². The number of carbonyl (C=O) groups is 1. The molecule has 0 spiro atoms. The third-order valence-corrected chi connectivity index (χ3v) is 2.43. The third-order valence-electron chi connectivity index (χ3n) is 2.43. The smallest absolute Gasteiger partial charge is 0.185 e. The lowest BCUT2D eigenvalue weighted by Crippen LogP contribution is -1.94. The van der Waals surface area contributed by atoms with Crippen LogP contribution in [0.3, 0.4) is 0 Å². The van der Waals surface area contributed by atoms with Gasteiger partial charge >= 0.3 is 0 Å². The molecule has 4 heteroatoms. The minimum absolute atomic E-state index is 0.129. The first-order chi connectivity index (χ1) is 8.69. The fourth-order valence-electron chi connectivity index (χ4n) is 1.54. The summed E-state index contributed by atoms with van der Waals surface area (Å²) >= 11 is 0. The Morgan fingerprint density at radius 3 is 3.00 bits per heavy atom. The van der Waals surface area contributed by atoms with Gasteiger partial charge < -0.3 is 0 Å². The van der Waals surface area contributed by atoms with Crippen LogP contribution < -0.4 is 0 Å². The molecule has 0 aliphatic rings. The molecule has 0 fully saturated rings. The predicted octanol–water partition coefficient (Wildman–Crippen LogP) is 2.19. The zero-order valence-corrected chi connectivity index (χ0v) is 9.87. The number of allylic oxidation sites excluding steroid dienone is 1. The molecule has 1 heterocycles. The van der Waals surface area contributed by atoms with Gasteiger partial charge in [0.1, 0.15) is 0 Å². The molecule has 0 unspecified atom stereocenters. The van der Waals surface area contributed by atoms with E-state index in [2.05, 4.69) is 5.10 Å². The number of benzene rings is 1. The van der Waals surface area contributed by atoms with E-state index in [0.717, 1.165) is 5.56 Å². The normalized spacial score (nSPS) is 10.4. The maximum atomic E-state index is 11.9. The lowest BCUT2D eigenvalue weighted by molar-refractivity contribution is 0.104. The average Bonchev–Trinajstić information content (AvgIpc) is 2.82. The highest BCUT2D eigenvalue weighted by Crippen LogP contribution is 2.07. The first-order valence-electron chi connectivity index (χ1n) is 5.40.